The van der Waals surface area contributed by atoms with Gasteiger partial charge in [0.25, 0.3) is 0 Å². The topological polar surface area (TPSA) is 80.9 Å². The molecule has 0 radical (unpaired) electrons. The van der Waals surface area contributed by atoms with Gasteiger partial charge in [-0.2, -0.15) is 0 Å². The highest BCUT2D eigenvalue weighted by Crippen LogP contribution is 1.88. The van der Waals surface area contributed by atoms with E-state index in [0.29, 0.717) is 6.42 Å². The molecule has 0 aromatic carbocycles. The second kappa shape index (κ2) is 13.2. The lowest BCUT2D eigenvalue weighted by Gasteiger charge is -1.94. The zero-order chi connectivity index (χ0) is 9.82. The fourth-order valence-corrected chi connectivity index (χ4v) is 0.407. The summed E-state index contributed by atoms with van der Waals surface area (Å²) < 4.78 is 0. The average molecular weight is 178 g/mol. The van der Waals surface area contributed by atoms with E-state index in [-0.39, 0.29) is 13.2 Å². The van der Waals surface area contributed by atoms with Crippen molar-refractivity contribution in [3.63, 3.8) is 0 Å². The molecule has 0 spiro atoms. The number of aliphatic hydroxyl groups is 4. The number of hydrogen-bond acceptors (Lipinski definition) is 4. The van der Waals surface area contributed by atoms with Gasteiger partial charge in [0.1, 0.15) is 0 Å². The first-order valence-corrected chi connectivity index (χ1v) is 3.91. The van der Waals surface area contributed by atoms with Crippen LogP contribution < -0.4 is 0 Å². The van der Waals surface area contributed by atoms with Crippen molar-refractivity contribution >= 4 is 0 Å². The molecule has 0 amide bonds. The van der Waals surface area contributed by atoms with Gasteiger partial charge >= 0.3 is 0 Å². The zero-order valence-corrected chi connectivity index (χ0v) is 7.35. The Labute approximate surface area is 72.8 Å². The van der Waals surface area contributed by atoms with Gasteiger partial charge in [0.2, 0.25) is 0 Å². The van der Waals surface area contributed by atoms with Gasteiger partial charge in [0.05, 0.1) is 13.2 Å². The fraction of sp³-hybridized carbons (Fsp3) is 0.750. The van der Waals surface area contributed by atoms with Crippen LogP contribution in [0.2, 0.25) is 0 Å². The SMILES string of the molecule is CCCC(O)O.OCC=CCO. The fourth-order valence-electron chi connectivity index (χ4n) is 0.407. The van der Waals surface area contributed by atoms with Crippen LogP contribution in [0, 0.1) is 0 Å². The summed E-state index contributed by atoms with van der Waals surface area (Å²) >= 11 is 0. The summed E-state index contributed by atoms with van der Waals surface area (Å²) in [7, 11) is 0. The summed E-state index contributed by atoms with van der Waals surface area (Å²) in [6.45, 7) is 1.93. The lowest BCUT2D eigenvalue weighted by Crippen LogP contribution is -2.01. The van der Waals surface area contributed by atoms with Gasteiger partial charge in [0.15, 0.2) is 6.29 Å². The quantitative estimate of drug-likeness (QED) is 0.349. The molecule has 0 heterocycles. The van der Waals surface area contributed by atoms with E-state index in [4.69, 9.17) is 20.4 Å². The molecular weight excluding hydrogens is 160 g/mol. The van der Waals surface area contributed by atoms with Crippen LogP contribution in [0.3, 0.4) is 0 Å². The normalized spacial score (nSPS) is 10.2. The second-order valence-corrected chi connectivity index (χ2v) is 2.11. The maximum atomic E-state index is 8.11. The molecule has 0 atom stereocenters. The zero-order valence-electron chi connectivity index (χ0n) is 7.35. The first kappa shape index (κ1) is 14.1. The lowest BCUT2D eigenvalue weighted by atomic mass is 10.3. The van der Waals surface area contributed by atoms with Crippen molar-refractivity contribution in [2.75, 3.05) is 13.2 Å². The Kier molecular flexibility index (Phi) is 15.5. The number of hydrogen-bond donors (Lipinski definition) is 4. The van der Waals surface area contributed by atoms with Gasteiger partial charge in [-0.3, -0.25) is 0 Å². The Hall–Kier alpha value is -0.420. The minimum Gasteiger partial charge on any atom is -0.392 e. The Morgan fingerprint density at radius 2 is 1.50 bits per heavy atom. The van der Waals surface area contributed by atoms with Crippen LogP contribution in [-0.2, 0) is 0 Å². The smallest absolute Gasteiger partial charge is 0.151 e. The van der Waals surface area contributed by atoms with Crippen molar-refractivity contribution in [1.29, 1.82) is 0 Å². The minimum atomic E-state index is -1.10. The highest BCUT2D eigenvalue weighted by molar-refractivity contribution is 4.78. The van der Waals surface area contributed by atoms with Gasteiger partial charge in [-0.15, -0.1) is 0 Å². The molecule has 0 aliphatic carbocycles. The van der Waals surface area contributed by atoms with Crippen LogP contribution in [0.25, 0.3) is 0 Å². The maximum absolute atomic E-state index is 8.11. The first-order chi connectivity index (χ1) is 5.68. The molecule has 0 unspecified atom stereocenters. The lowest BCUT2D eigenvalue weighted by molar-refractivity contribution is -0.0453. The summed E-state index contributed by atoms with van der Waals surface area (Å²) in [4.78, 5) is 0. The van der Waals surface area contributed by atoms with Crippen LogP contribution >= 0.6 is 0 Å². The van der Waals surface area contributed by atoms with Crippen LogP contribution in [0.1, 0.15) is 19.8 Å². The van der Waals surface area contributed by atoms with Gasteiger partial charge in [-0.1, -0.05) is 25.5 Å². The molecule has 74 valence electrons. The molecule has 12 heavy (non-hydrogen) atoms. The monoisotopic (exact) mass is 178 g/mol. The van der Waals surface area contributed by atoms with Crippen molar-refractivity contribution in [2.24, 2.45) is 0 Å². The summed E-state index contributed by atoms with van der Waals surface area (Å²) in [6.07, 6.45) is 3.19. The molecule has 4 N–H and O–H groups in total. The van der Waals surface area contributed by atoms with Crippen molar-refractivity contribution in [3.8, 4) is 0 Å². The molecule has 4 nitrogen and oxygen atoms in total. The highest BCUT2D eigenvalue weighted by Gasteiger charge is 1.89. The van der Waals surface area contributed by atoms with Gasteiger partial charge < -0.3 is 20.4 Å². The first-order valence-electron chi connectivity index (χ1n) is 3.91. The van der Waals surface area contributed by atoms with Crippen LogP contribution in [0.4, 0.5) is 0 Å². The third-order valence-electron chi connectivity index (χ3n) is 0.924. The molecular formula is C8H18O4. The standard InChI is InChI=1S/C4H10O2.C4H8O2/c1-2-3-4(5)6;5-3-1-2-4-6/h4-6H,2-3H2,1H3;1-2,5-6H,3-4H2. The van der Waals surface area contributed by atoms with Crippen LogP contribution in [0.15, 0.2) is 12.2 Å². The van der Waals surface area contributed by atoms with E-state index in [1.54, 1.807) is 0 Å². The molecule has 0 aliphatic heterocycles. The predicted molar refractivity (Wildman–Crippen MR) is 46.4 cm³/mol. The number of rotatable bonds is 4. The Balaban J connectivity index is 0. The van der Waals surface area contributed by atoms with Gasteiger partial charge in [-0.25, -0.2) is 0 Å². The van der Waals surface area contributed by atoms with E-state index in [1.807, 2.05) is 6.92 Å². The molecule has 4 heteroatoms. The van der Waals surface area contributed by atoms with Crippen molar-refractivity contribution < 1.29 is 20.4 Å². The minimum absolute atomic E-state index is 0.0144. The van der Waals surface area contributed by atoms with E-state index in [0.717, 1.165) is 6.42 Å². The van der Waals surface area contributed by atoms with Crippen molar-refractivity contribution in [2.45, 2.75) is 26.1 Å². The molecule has 0 saturated carbocycles. The van der Waals surface area contributed by atoms with Crippen LogP contribution in [-0.4, -0.2) is 39.9 Å². The summed E-state index contributed by atoms with van der Waals surface area (Å²) in [5.74, 6) is 0. The molecule has 0 aromatic heterocycles. The maximum Gasteiger partial charge on any atom is 0.151 e. The second-order valence-electron chi connectivity index (χ2n) is 2.11. The molecule has 0 saturated heterocycles. The molecule has 0 rings (SSSR count). The number of aliphatic hydroxyl groups excluding tert-OH is 3. The Bertz CT molecular complexity index is 85.1. The third-order valence-corrected chi connectivity index (χ3v) is 0.924. The largest absolute Gasteiger partial charge is 0.392 e. The summed E-state index contributed by atoms with van der Waals surface area (Å²) in [5, 5.41) is 32.2. The highest BCUT2D eigenvalue weighted by atomic mass is 16.5. The van der Waals surface area contributed by atoms with E-state index >= 15 is 0 Å². The van der Waals surface area contributed by atoms with E-state index in [1.165, 1.54) is 12.2 Å². The average Bonchev–Trinajstić information content (AvgIpc) is 2.02. The van der Waals surface area contributed by atoms with E-state index in [9.17, 15) is 0 Å². The Morgan fingerprint density at radius 3 is 1.58 bits per heavy atom. The van der Waals surface area contributed by atoms with E-state index in [2.05, 4.69) is 0 Å². The molecule has 0 aromatic rings. The third kappa shape index (κ3) is 22.7. The molecule has 0 aliphatic rings. The van der Waals surface area contributed by atoms with E-state index < -0.39 is 6.29 Å². The van der Waals surface area contributed by atoms with Crippen molar-refractivity contribution in [3.05, 3.63) is 12.2 Å². The molecule has 0 fully saturated rings. The summed E-state index contributed by atoms with van der Waals surface area (Å²) in [5.41, 5.74) is 0. The van der Waals surface area contributed by atoms with Crippen molar-refractivity contribution in [1.82, 2.24) is 0 Å². The Morgan fingerprint density at radius 1 is 1.08 bits per heavy atom. The van der Waals surface area contributed by atoms with Gasteiger partial charge in [-0.05, 0) is 6.42 Å². The van der Waals surface area contributed by atoms with Crippen LogP contribution in [0.5, 0.6) is 0 Å². The predicted octanol–water partition coefficient (Wildman–Crippen LogP) is -0.376. The van der Waals surface area contributed by atoms with Gasteiger partial charge in [0, 0.05) is 0 Å². The molecule has 0 bridgehead atoms. The summed E-state index contributed by atoms with van der Waals surface area (Å²) in [6, 6.07) is 0.